The number of ketones is 1. The van der Waals surface area contributed by atoms with Gasteiger partial charge in [0.05, 0.1) is 0 Å². The summed E-state index contributed by atoms with van der Waals surface area (Å²) in [6.45, 7) is 6.70. The van der Waals surface area contributed by atoms with Crippen LogP contribution in [0.2, 0.25) is 0 Å². The number of hydrogen-bond acceptors (Lipinski definition) is 2. The van der Waals surface area contributed by atoms with Crippen molar-refractivity contribution in [2.75, 3.05) is 0 Å². The lowest BCUT2D eigenvalue weighted by atomic mass is 9.63. The molecule has 0 radical (unpaired) electrons. The molecule has 0 heterocycles. The fraction of sp³-hybridized carbons (Fsp3) is 0.345. The van der Waals surface area contributed by atoms with Crippen LogP contribution in [0.3, 0.4) is 0 Å². The van der Waals surface area contributed by atoms with E-state index < -0.39 is 0 Å². The van der Waals surface area contributed by atoms with Crippen molar-refractivity contribution >= 4 is 5.78 Å². The molecule has 166 valence electrons. The Morgan fingerprint density at radius 3 is 2.56 bits per heavy atom. The van der Waals surface area contributed by atoms with Gasteiger partial charge in [-0.2, -0.15) is 0 Å². The third-order valence-corrected chi connectivity index (χ3v) is 7.01. The van der Waals surface area contributed by atoms with Gasteiger partial charge in [-0.15, -0.1) is 0 Å². The van der Waals surface area contributed by atoms with Gasteiger partial charge in [0.25, 0.3) is 0 Å². The van der Waals surface area contributed by atoms with Crippen LogP contribution in [-0.4, -0.2) is 5.78 Å². The Labute approximate surface area is 190 Å². The summed E-state index contributed by atoms with van der Waals surface area (Å²) in [4.78, 5) is 13.1. The van der Waals surface area contributed by atoms with E-state index in [1.54, 1.807) is 18.2 Å². The van der Waals surface area contributed by atoms with E-state index in [0.29, 0.717) is 41.2 Å². The van der Waals surface area contributed by atoms with Crippen molar-refractivity contribution in [3.63, 3.8) is 0 Å². The summed E-state index contributed by atoms with van der Waals surface area (Å²) in [7, 11) is 0. The highest BCUT2D eigenvalue weighted by molar-refractivity contribution is 5.96. The van der Waals surface area contributed by atoms with Gasteiger partial charge in [-0.25, -0.2) is 4.39 Å². The second-order valence-electron chi connectivity index (χ2n) is 9.22. The molecule has 0 aliphatic heterocycles. The second kappa shape index (κ2) is 9.68. The molecule has 1 fully saturated rings. The van der Waals surface area contributed by atoms with Gasteiger partial charge >= 0.3 is 0 Å². The maximum Gasteiger partial charge on any atom is 0.163 e. The topological polar surface area (TPSA) is 26.3 Å². The number of carbonyl (C=O) groups is 1. The molecule has 3 heteroatoms. The smallest absolute Gasteiger partial charge is 0.163 e. The molecule has 2 aromatic rings. The first-order chi connectivity index (χ1) is 15.4. The lowest BCUT2D eigenvalue weighted by molar-refractivity contribution is 0.0805. The van der Waals surface area contributed by atoms with E-state index in [0.717, 1.165) is 12.8 Å². The molecule has 2 nitrogen and oxygen atoms in total. The van der Waals surface area contributed by atoms with E-state index >= 15 is 0 Å². The summed E-state index contributed by atoms with van der Waals surface area (Å²) < 4.78 is 18.9. The van der Waals surface area contributed by atoms with Crippen LogP contribution < -0.4 is 4.74 Å². The summed E-state index contributed by atoms with van der Waals surface area (Å²) in [5.41, 5.74) is 4.87. The zero-order valence-electron chi connectivity index (χ0n) is 19.1. The molecule has 1 saturated carbocycles. The Hall–Kier alpha value is -2.94. The Morgan fingerprint density at radius 2 is 1.84 bits per heavy atom. The lowest BCUT2D eigenvalue weighted by Crippen LogP contribution is -2.34. The predicted octanol–water partition coefficient (Wildman–Crippen LogP) is 8.08. The van der Waals surface area contributed by atoms with E-state index in [1.165, 1.54) is 35.3 Å². The number of allylic oxidation sites excluding steroid dienone is 6. The van der Waals surface area contributed by atoms with Gasteiger partial charge in [0.15, 0.2) is 5.78 Å². The van der Waals surface area contributed by atoms with Crippen LogP contribution in [0, 0.1) is 23.6 Å². The van der Waals surface area contributed by atoms with Crippen LogP contribution in [0.25, 0.3) is 0 Å². The van der Waals surface area contributed by atoms with Crippen molar-refractivity contribution < 1.29 is 13.9 Å². The first kappa shape index (κ1) is 22.3. The highest BCUT2D eigenvalue weighted by Gasteiger charge is 2.37. The Morgan fingerprint density at radius 1 is 1.06 bits per heavy atom. The van der Waals surface area contributed by atoms with Gasteiger partial charge in [-0.05, 0) is 92.8 Å². The molecular formula is C29H31FO2. The SMILES string of the molecule is CC1=CCC(C)=C(C(C)C2CCC2CC(=O)c2cccc(Oc3ccc(F)cc3)c2)C=C1. The van der Waals surface area contributed by atoms with Crippen molar-refractivity contribution in [3.05, 3.63) is 94.9 Å². The summed E-state index contributed by atoms with van der Waals surface area (Å²) in [6, 6.07) is 13.2. The van der Waals surface area contributed by atoms with Gasteiger partial charge in [0, 0.05) is 12.0 Å². The van der Waals surface area contributed by atoms with E-state index in [-0.39, 0.29) is 11.6 Å². The Kier molecular flexibility index (Phi) is 6.74. The van der Waals surface area contributed by atoms with Gasteiger partial charge in [0.2, 0.25) is 0 Å². The molecule has 0 bridgehead atoms. The van der Waals surface area contributed by atoms with Crippen molar-refractivity contribution in [2.24, 2.45) is 17.8 Å². The van der Waals surface area contributed by atoms with Gasteiger partial charge in [-0.1, -0.05) is 48.4 Å². The minimum Gasteiger partial charge on any atom is -0.457 e. The van der Waals surface area contributed by atoms with Crippen LogP contribution in [0.5, 0.6) is 11.5 Å². The highest BCUT2D eigenvalue weighted by atomic mass is 19.1. The third kappa shape index (κ3) is 5.09. The summed E-state index contributed by atoms with van der Waals surface area (Å²) >= 11 is 0. The zero-order chi connectivity index (χ0) is 22.7. The predicted molar refractivity (Wildman–Crippen MR) is 127 cm³/mol. The van der Waals surface area contributed by atoms with Crippen LogP contribution in [0.1, 0.15) is 56.8 Å². The maximum absolute atomic E-state index is 13.1. The van der Waals surface area contributed by atoms with Gasteiger partial charge in [0.1, 0.15) is 17.3 Å². The number of halogens is 1. The molecule has 0 saturated heterocycles. The molecule has 2 aliphatic carbocycles. The van der Waals surface area contributed by atoms with Gasteiger partial charge in [-0.3, -0.25) is 4.79 Å². The van der Waals surface area contributed by atoms with Crippen molar-refractivity contribution in [3.8, 4) is 11.5 Å². The standard InChI is InChI=1S/C29H31FO2/c1-19-7-9-20(2)27(15-8-19)21(3)28-16-10-22(28)18-29(31)23-5-4-6-26(17-23)32-25-13-11-24(30)12-14-25/h4-8,11-15,17,21-22,28H,9-10,16,18H2,1-3H3. The molecule has 4 rings (SSSR count). The molecule has 0 aromatic heterocycles. The molecular weight excluding hydrogens is 399 g/mol. The summed E-state index contributed by atoms with van der Waals surface area (Å²) in [5.74, 6) is 2.43. The average molecular weight is 431 g/mol. The highest BCUT2D eigenvalue weighted by Crippen LogP contribution is 2.46. The number of Topliss-reactive ketones (excluding diaryl/α,β-unsaturated/α-hetero) is 1. The summed E-state index contributed by atoms with van der Waals surface area (Å²) in [6.07, 6.45) is 10.7. The molecule has 0 spiro atoms. The first-order valence-electron chi connectivity index (χ1n) is 11.5. The minimum absolute atomic E-state index is 0.163. The molecule has 0 N–H and O–H groups in total. The molecule has 0 amide bonds. The first-order valence-corrected chi connectivity index (χ1v) is 11.5. The van der Waals surface area contributed by atoms with E-state index in [2.05, 4.69) is 39.0 Å². The maximum atomic E-state index is 13.1. The average Bonchev–Trinajstić information content (AvgIpc) is 2.93. The molecule has 3 unspecified atom stereocenters. The Balaban J connectivity index is 1.41. The number of ether oxygens (including phenoxy) is 1. The second-order valence-corrected chi connectivity index (χ2v) is 9.22. The fourth-order valence-electron chi connectivity index (χ4n) is 4.87. The number of hydrogen-bond donors (Lipinski definition) is 0. The zero-order valence-corrected chi connectivity index (χ0v) is 19.1. The quantitative estimate of drug-likeness (QED) is 0.415. The molecule has 3 atom stereocenters. The van der Waals surface area contributed by atoms with Crippen molar-refractivity contribution in [1.82, 2.24) is 0 Å². The van der Waals surface area contributed by atoms with Crippen molar-refractivity contribution in [2.45, 2.75) is 46.5 Å². The Bertz CT molecular complexity index is 1070. The minimum atomic E-state index is -0.303. The van der Waals surface area contributed by atoms with E-state index in [4.69, 9.17) is 4.74 Å². The number of benzene rings is 2. The largest absolute Gasteiger partial charge is 0.457 e. The number of carbonyl (C=O) groups excluding carboxylic acids is 1. The van der Waals surface area contributed by atoms with Crippen LogP contribution in [0.15, 0.2) is 83.5 Å². The molecule has 32 heavy (non-hydrogen) atoms. The summed E-state index contributed by atoms with van der Waals surface area (Å²) in [5, 5.41) is 0. The van der Waals surface area contributed by atoms with Crippen LogP contribution in [0.4, 0.5) is 4.39 Å². The monoisotopic (exact) mass is 430 g/mol. The van der Waals surface area contributed by atoms with Crippen molar-refractivity contribution in [1.29, 1.82) is 0 Å². The van der Waals surface area contributed by atoms with E-state index in [1.807, 2.05) is 18.2 Å². The fourth-order valence-corrected chi connectivity index (χ4v) is 4.87. The normalized spacial score (nSPS) is 21.4. The van der Waals surface area contributed by atoms with E-state index in [9.17, 15) is 9.18 Å². The van der Waals surface area contributed by atoms with Crippen LogP contribution in [-0.2, 0) is 0 Å². The van der Waals surface area contributed by atoms with Crippen LogP contribution >= 0.6 is 0 Å². The number of rotatable bonds is 7. The lowest BCUT2D eigenvalue weighted by Gasteiger charge is -2.41. The molecule has 2 aliphatic rings. The third-order valence-electron chi connectivity index (χ3n) is 7.01. The molecule has 2 aromatic carbocycles. The van der Waals surface area contributed by atoms with Gasteiger partial charge < -0.3 is 4.74 Å².